The smallest absolute Gasteiger partial charge is 0.0769 e. The summed E-state index contributed by atoms with van der Waals surface area (Å²) < 4.78 is 0. The molecule has 1 aliphatic rings. The van der Waals surface area contributed by atoms with Crippen molar-refractivity contribution in [2.24, 2.45) is 11.7 Å². The van der Waals surface area contributed by atoms with Crippen molar-refractivity contribution in [3.05, 3.63) is 0 Å². The number of nitrogens with two attached hydrogens (primary N) is 1. The van der Waals surface area contributed by atoms with Crippen LogP contribution in [-0.2, 0) is 0 Å². The Bertz CT molecular complexity index is 97.1. The van der Waals surface area contributed by atoms with Crippen molar-refractivity contribution in [1.29, 1.82) is 0 Å². The normalized spacial score (nSPS) is 27.0. The van der Waals surface area contributed by atoms with Crippen molar-refractivity contribution in [2.45, 2.75) is 31.8 Å². The minimum atomic E-state index is -0.585. The fraction of sp³-hybridized carbons (Fsp3) is 1.00. The summed E-state index contributed by atoms with van der Waals surface area (Å²) in [7, 11) is 0. The monoisotopic (exact) mass is 129 g/mol. The van der Waals surface area contributed by atoms with Crippen LogP contribution in [0.4, 0.5) is 0 Å². The molecule has 1 fully saturated rings. The molecule has 0 aromatic carbocycles. The zero-order valence-corrected chi connectivity index (χ0v) is 5.93. The van der Waals surface area contributed by atoms with E-state index in [4.69, 9.17) is 5.73 Å². The predicted octanol–water partition coefficient (Wildman–Crippen LogP) is 0.496. The number of hydrogen-bond acceptors (Lipinski definition) is 2. The molecule has 2 nitrogen and oxygen atoms in total. The summed E-state index contributed by atoms with van der Waals surface area (Å²) in [6, 6.07) is 0. The average molecular weight is 129 g/mol. The summed E-state index contributed by atoms with van der Waals surface area (Å²) >= 11 is 0. The van der Waals surface area contributed by atoms with Gasteiger partial charge in [0.1, 0.15) is 0 Å². The summed E-state index contributed by atoms with van der Waals surface area (Å²) in [6.07, 6.45) is 3.58. The summed E-state index contributed by atoms with van der Waals surface area (Å²) in [5.74, 6) is 0.475. The third-order valence-corrected chi connectivity index (χ3v) is 2.40. The first-order chi connectivity index (χ1) is 4.17. The SMILES string of the molecule is C[C@](O)(CN)C1CCC1. The first-order valence-corrected chi connectivity index (χ1v) is 3.59. The first-order valence-electron chi connectivity index (χ1n) is 3.59. The van der Waals surface area contributed by atoms with Gasteiger partial charge in [-0.1, -0.05) is 6.42 Å². The van der Waals surface area contributed by atoms with Gasteiger partial charge in [0.05, 0.1) is 5.60 Å². The highest BCUT2D eigenvalue weighted by Gasteiger charge is 2.34. The molecular formula is C7H15NO. The van der Waals surface area contributed by atoms with Gasteiger partial charge >= 0.3 is 0 Å². The maximum atomic E-state index is 9.52. The van der Waals surface area contributed by atoms with Crippen LogP contribution < -0.4 is 5.73 Å². The molecule has 1 saturated carbocycles. The lowest BCUT2D eigenvalue weighted by atomic mass is 9.74. The molecule has 3 N–H and O–H groups in total. The molecule has 0 spiro atoms. The second-order valence-electron chi connectivity index (χ2n) is 3.19. The molecule has 2 heteroatoms. The maximum absolute atomic E-state index is 9.52. The van der Waals surface area contributed by atoms with E-state index in [0.29, 0.717) is 12.5 Å². The third-order valence-electron chi connectivity index (χ3n) is 2.40. The van der Waals surface area contributed by atoms with Gasteiger partial charge in [-0.2, -0.15) is 0 Å². The summed E-state index contributed by atoms with van der Waals surface area (Å²) in [4.78, 5) is 0. The Kier molecular flexibility index (Phi) is 1.78. The summed E-state index contributed by atoms with van der Waals surface area (Å²) in [6.45, 7) is 2.23. The van der Waals surface area contributed by atoms with Crippen LogP contribution >= 0.6 is 0 Å². The van der Waals surface area contributed by atoms with E-state index in [9.17, 15) is 5.11 Å². The molecule has 9 heavy (non-hydrogen) atoms. The number of hydrogen-bond donors (Lipinski definition) is 2. The van der Waals surface area contributed by atoms with Crippen LogP contribution in [0.5, 0.6) is 0 Å². The lowest BCUT2D eigenvalue weighted by Crippen LogP contribution is -2.44. The second kappa shape index (κ2) is 2.27. The van der Waals surface area contributed by atoms with E-state index in [2.05, 4.69) is 0 Å². The molecule has 0 heterocycles. The van der Waals surface area contributed by atoms with E-state index < -0.39 is 5.60 Å². The Morgan fingerprint density at radius 2 is 2.22 bits per heavy atom. The average Bonchev–Trinajstić information content (AvgIpc) is 1.60. The van der Waals surface area contributed by atoms with Crippen molar-refractivity contribution in [1.82, 2.24) is 0 Å². The largest absolute Gasteiger partial charge is 0.389 e. The van der Waals surface area contributed by atoms with Gasteiger partial charge in [0.25, 0.3) is 0 Å². The topological polar surface area (TPSA) is 46.2 Å². The molecule has 0 radical (unpaired) electrons. The standard InChI is InChI=1S/C7H15NO/c1-7(9,5-8)6-3-2-4-6/h6,9H,2-5,8H2,1H3/t7-/m0/s1. The van der Waals surface area contributed by atoms with Crippen LogP contribution in [0, 0.1) is 5.92 Å². The highest BCUT2D eigenvalue weighted by Crippen LogP contribution is 2.35. The van der Waals surface area contributed by atoms with Gasteiger partial charge in [0.15, 0.2) is 0 Å². The molecule has 0 aromatic rings. The zero-order chi connectivity index (χ0) is 6.91. The quantitative estimate of drug-likeness (QED) is 0.570. The summed E-state index contributed by atoms with van der Waals surface area (Å²) in [5, 5.41) is 9.52. The predicted molar refractivity (Wildman–Crippen MR) is 37.0 cm³/mol. The van der Waals surface area contributed by atoms with E-state index in [1.165, 1.54) is 6.42 Å². The van der Waals surface area contributed by atoms with E-state index in [-0.39, 0.29) is 0 Å². The molecule has 0 aromatic heterocycles. The molecule has 54 valence electrons. The van der Waals surface area contributed by atoms with E-state index in [1.807, 2.05) is 6.92 Å². The maximum Gasteiger partial charge on any atom is 0.0769 e. The first kappa shape index (κ1) is 7.03. The van der Waals surface area contributed by atoms with Crippen molar-refractivity contribution in [2.75, 3.05) is 6.54 Å². The van der Waals surface area contributed by atoms with Crippen molar-refractivity contribution < 1.29 is 5.11 Å². The summed E-state index contributed by atoms with van der Waals surface area (Å²) in [5.41, 5.74) is 4.78. The highest BCUT2D eigenvalue weighted by atomic mass is 16.3. The van der Waals surface area contributed by atoms with Crippen LogP contribution in [0.15, 0.2) is 0 Å². The molecule has 0 bridgehead atoms. The minimum absolute atomic E-state index is 0.400. The van der Waals surface area contributed by atoms with Gasteiger partial charge in [-0.05, 0) is 25.7 Å². The molecular weight excluding hydrogens is 114 g/mol. The Morgan fingerprint density at radius 1 is 1.67 bits per heavy atom. The van der Waals surface area contributed by atoms with Crippen LogP contribution in [0.3, 0.4) is 0 Å². The Labute approximate surface area is 56.1 Å². The lowest BCUT2D eigenvalue weighted by Gasteiger charge is -2.37. The van der Waals surface area contributed by atoms with Gasteiger partial charge in [-0.25, -0.2) is 0 Å². The van der Waals surface area contributed by atoms with E-state index in [0.717, 1.165) is 12.8 Å². The van der Waals surface area contributed by atoms with Crippen LogP contribution in [-0.4, -0.2) is 17.3 Å². The van der Waals surface area contributed by atoms with Gasteiger partial charge in [-0.3, -0.25) is 0 Å². The molecule has 0 saturated heterocycles. The lowest BCUT2D eigenvalue weighted by molar-refractivity contribution is -0.0264. The molecule has 1 aliphatic carbocycles. The molecule has 1 rings (SSSR count). The van der Waals surface area contributed by atoms with Crippen LogP contribution in [0.2, 0.25) is 0 Å². The Morgan fingerprint density at radius 3 is 2.33 bits per heavy atom. The highest BCUT2D eigenvalue weighted by molar-refractivity contribution is 4.87. The van der Waals surface area contributed by atoms with Gasteiger partial charge in [0.2, 0.25) is 0 Å². The fourth-order valence-electron chi connectivity index (χ4n) is 1.20. The van der Waals surface area contributed by atoms with Crippen LogP contribution in [0.1, 0.15) is 26.2 Å². The molecule has 1 atom stereocenters. The fourth-order valence-corrected chi connectivity index (χ4v) is 1.20. The third kappa shape index (κ3) is 1.25. The molecule has 0 amide bonds. The van der Waals surface area contributed by atoms with Gasteiger partial charge in [-0.15, -0.1) is 0 Å². The Hall–Kier alpha value is -0.0800. The molecule has 0 unspecified atom stereocenters. The van der Waals surface area contributed by atoms with E-state index in [1.54, 1.807) is 0 Å². The number of aliphatic hydroxyl groups is 1. The Balaban J connectivity index is 2.37. The number of rotatable bonds is 2. The van der Waals surface area contributed by atoms with Crippen molar-refractivity contribution in [3.63, 3.8) is 0 Å². The zero-order valence-electron chi connectivity index (χ0n) is 5.93. The molecule has 0 aliphatic heterocycles. The van der Waals surface area contributed by atoms with E-state index >= 15 is 0 Å². The van der Waals surface area contributed by atoms with Gasteiger partial charge in [0, 0.05) is 6.54 Å². The van der Waals surface area contributed by atoms with Gasteiger partial charge < -0.3 is 10.8 Å². The van der Waals surface area contributed by atoms with Crippen molar-refractivity contribution in [3.8, 4) is 0 Å². The van der Waals surface area contributed by atoms with Crippen molar-refractivity contribution >= 4 is 0 Å². The minimum Gasteiger partial charge on any atom is -0.389 e. The van der Waals surface area contributed by atoms with Crippen LogP contribution in [0.25, 0.3) is 0 Å². The second-order valence-corrected chi connectivity index (χ2v) is 3.19.